The van der Waals surface area contributed by atoms with Crippen LogP contribution in [0.15, 0.2) is 103 Å². The number of aliphatic hydroxyl groups is 1. The molecule has 0 bridgehead atoms. The Morgan fingerprint density at radius 2 is 1.20 bits per heavy atom. The van der Waals surface area contributed by atoms with Crippen molar-refractivity contribution in [2.75, 3.05) is 47.3 Å². The van der Waals surface area contributed by atoms with Crippen molar-refractivity contribution in [1.29, 1.82) is 0 Å². The number of aliphatic imine (C=N–C) groups is 1. The van der Waals surface area contributed by atoms with E-state index in [1.165, 1.54) is 12.7 Å². The minimum Gasteiger partial charge on any atom is -1.00 e. The van der Waals surface area contributed by atoms with E-state index in [4.69, 9.17) is 65.1 Å². The van der Waals surface area contributed by atoms with Crippen molar-refractivity contribution in [1.82, 2.24) is 43.9 Å². The van der Waals surface area contributed by atoms with E-state index in [9.17, 15) is 0 Å². The number of aliphatic hydroxyl groups excluding tert-OH is 1. The maximum atomic E-state index is 7.00. The van der Waals surface area contributed by atoms with E-state index in [-0.39, 0.29) is 80.8 Å². The van der Waals surface area contributed by atoms with Crippen molar-refractivity contribution >= 4 is 73.4 Å². The number of nitrogens with zero attached hydrogens (tertiary/aromatic N) is 10. The molecular weight excluding hydrogens is 985 g/mol. The van der Waals surface area contributed by atoms with E-state index in [1.807, 2.05) is 135 Å². The molecule has 23 heteroatoms. The number of nitrogens with two attached hydrogens (primary N) is 1. The third kappa shape index (κ3) is 10.8. The average molecular weight is 1040 g/mol. The van der Waals surface area contributed by atoms with Gasteiger partial charge in [-0.3, -0.25) is 0 Å². The summed E-state index contributed by atoms with van der Waals surface area (Å²) in [6, 6.07) is 22.8. The zero-order valence-corrected chi connectivity index (χ0v) is 45.2. The summed E-state index contributed by atoms with van der Waals surface area (Å²) < 4.78 is 59.3. The first-order valence-corrected chi connectivity index (χ1v) is 23.9. The Bertz CT molecular complexity index is 3310. The Kier molecular flexibility index (Phi) is 15.6. The van der Waals surface area contributed by atoms with Crippen LogP contribution >= 0.6 is 11.6 Å². The molecule has 6 aromatic heterocycles. The summed E-state index contributed by atoms with van der Waals surface area (Å²) in [7, 11) is 6.41. The Labute approximate surface area is 454 Å². The predicted octanol–water partition coefficient (Wildman–Crippen LogP) is 4.14. The first-order valence-electron chi connectivity index (χ1n) is 23.5. The molecule has 10 heterocycles. The number of hydrogen-bond donors (Lipinski definition) is 2. The average Bonchev–Trinajstić information content (AvgIpc) is 4.24. The summed E-state index contributed by atoms with van der Waals surface area (Å²) in [5, 5.41) is 11.0. The molecule has 0 spiro atoms. The van der Waals surface area contributed by atoms with Crippen molar-refractivity contribution in [2.24, 2.45) is 4.99 Å². The number of benzene rings is 2. The normalized spacial score (nSPS) is 24.2. The van der Waals surface area contributed by atoms with Gasteiger partial charge in [0.15, 0.2) is 29.8 Å². The SMILES string of the molecule is CN(C)C=Nc1ncnc2c1ccn2[C@@H]1O[C@H](COc2ccc3ccc(Cl)nc3c2)[C@H]2OC(C)(C)O[C@H]21.CO.COc1ccc2ccc(OC[C@H]3O[C@@H](n4ccc5c(N)ncnc54)[C@@H]4OC(C)(C)O[C@@H]43)cc2n1.[H-].[Na+]. The fourth-order valence-electron chi connectivity index (χ4n) is 9.47. The maximum Gasteiger partial charge on any atom is 1.00 e. The number of aromatic nitrogens is 8. The molecule has 0 radical (unpaired) electrons. The van der Waals surface area contributed by atoms with Crippen LogP contribution in [-0.4, -0.2) is 145 Å². The van der Waals surface area contributed by atoms with Gasteiger partial charge in [0.1, 0.15) is 96.3 Å². The van der Waals surface area contributed by atoms with Gasteiger partial charge in [-0.05, 0) is 82.3 Å². The minimum absolute atomic E-state index is 0. The summed E-state index contributed by atoms with van der Waals surface area (Å²) in [6.45, 7) is 8.16. The van der Waals surface area contributed by atoms with Crippen molar-refractivity contribution in [3.63, 3.8) is 0 Å². The van der Waals surface area contributed by atoms with E-state index in [0.717, 1.165) is 39.7 Å². The van der Waals surface area contributed by atoms with Crippen LogP contribution in [0.25, 0.3) is 43.9 Å². The standard InChI is InChI=1S/C26H27ClN6O4.C24H25N5O5.CH4O.Na.H/c1-26(2)36-21-19(12-34-16-7-5-15-6-8-20(27)31-18(15)11-16)35-25(22(21)37-26)33-10-9-17-23(30-14-32(3)4)28-13-29-24(17)33;1-24(2)33-19-17(11-31-14-6-4-13-5-7-18(30-3)28-16(13)10-14)32-23(20(19)34-24)29-9-8-15-21(25)26-12-27-22(15)29;1-2;;/h5-11,13-14,19,21-22,25H,12H2,1-4H3;4-10,12,17,19-20,23H,11H2,1-3H3,(H2,25,26,27);2H,1H3;;/q;;;+1;-1/t19-,21-,22-,25-;17-,19-,20-,23-;;;/m11.../s1. The fraction of sp³-hybridized carbons (Fsp3) is 0.392. The minimum atomic E-state index is -0.752. The van der Waals surface area contributed by atoms with Crippen molar-refractivity contribution < 1.29 is 78.7 Å². The third-order valence-electron chi connectivity index (χ3n) is 12.5. The fourth-order valence-corrected chi connectivity index (χ4v) is 9.62. The predicted molar refractivity (Wildman–Crippen MR) is 272 cm³/mol. The van der Waals surface area contributed by atoms with Gasteiger partial charge in [-0.1, -0.05) is 11.6 Å². The molecule has 0 unspecified atom stereocenters. The summed E-state index contributed by atoms with van der Waals surface area (Å²) in [5.41, 5.74) is 8.96. The first kappa shape index (κ1) is 53.0. The van der Waals surface area contributed by atoms with Crippen LogP contribution in [0.3, 0.4) is 0 Å². The second-order valence-corrected chi connectivity index (χ2v) is 19.1. The maximum absolute atomic E-state index is 7.00. The van der Waals surface area contributed by atoms with Gasteiger partial charge in [0.05, 0.1) is 35.3 Å². The van der Waals surface area contributed by atoms with E-state index in [1.54, 1.807) is 19.5 Å². The zero-order chi connectivity index (χ0) is 51.2. The van der Waals surface area contributed by atoms with Crippen molar-refractivity contribution in [3.8, 4) is 17.4 Å². The quantitative estimate of drug-likeness (QED) is 0.0802. The summed E-state index contributed by atoms with van der Waals surface area (Å²) in [4.78, 5) is 32.5. The molecule has 2 aromatic carbocycles. The summed E-state index contributed by atoms with van der Waals surface area (Å²) in [6.07, 6.45) is 5.51. The molecule has 0 amide bonds. The Balaban J connectivity index is 0.000000189. The number of anilines is 1. The van der Waals surface area contributed by atoms with Gasteiger partial charge in [0.25, 0.3) is 0 Å². The third-order valence-corrected chi connectivity index (χ3v) is 12.8. The number of ether oxygens (including phenoxy) is 9. The Morgan fingerprint density at radius 3 is 1.77 bits per heavy atom. The molecule has 0 aliphatic carbocycles. The molecular formula is C51H57ClN11NaO10. The van der Waals surface area contributed by atoms with Crippen LogP contribution in [0.2, 0.25) is 5.15 Å². The van der Waals surface area contributed by atoms with E-state index in [0.29, 0.717) is 45.5 Å². The molecule has 21 nitrogen and oxygen atoms in total. The van der Waals surface area contributed by atoms with Gasteiger partial charge >= 0.3 is 29.6 Å². The van der Waals surface area contributed by atoms with Crippen molar-refractivity contribution in [3.05, 3.63) is 103 Å². The molecule has 3 N–H and O–H groups in total. The molecule has 4 aliphatic heterocycles. The molecule has 4 fully saturated rings. The van der Waals surface area contributed by atoms with Gasteiger partial charge in [-0.15, -0.1) is 0 Å². The van der Waals surface area contributed by atoms with Crippen molar-refractivity contribution in [2.45, 2.75) is 88.3 Å². The van der Waals surface area contributed by atoms with Crippen LogP contribution < -0.4 is 49.5 Å². The largest absolute Gasteiger partial charge is 1.00 e. The number of methoxy groups -OCH3 is 1. The van der Waals surface area contributed by atoms with Gasteiger partial charge in [-0.2, -0.15) is 0 Å². The molecule has 8 atom stereocenters. The van der Waals surface area contributed by atoms with Crippen LogP contribution in [0.1, 0.15) is 41.6 Å². The van der Waals surface area contributed by atoms with E-state index in [2.05, 4.69) is 34.9 Å². The Hall–Kier alpha value is -5.82. The topological polar surface area (TPSA) is 232 Å². The summed E-state index contributed by atoms with van der Waals surface area (Å²) in [5.74, 6) is 1.42. The molecule has 12 rings (SSSR count). The number of nitrogen functional groups attached to an aromatic ring is 1. The zero-order valence-electron chi connectivity index (χ0n) is 43.4. The molecule has 74 heavy (non-hydrogen) atoms. The molecule has 8 aromatic rings. The van der Waals surface area contributed by atoms with Crippen LogP contribution in [0.5, 0.6) is 17.4 Å². The number of halogens is 1. The summed E-state index contributed by atoms with van der Waals surface area (Å²) >= 11 is 6.06. The van der Waals surface area contributed by atoms with E-state index < -0.39 is 24.0 Å². The van der Waals surface area contributed by atoms with E-state index >= 15 is 0 Å². The van der Waals surface area contributed by atoms with Gasteiger partial charge in [0, 0.05) is 62.6 Å². The smallest absolute Gasteiger partial charge is 1.00 e. The first-order chi connectivity index (χ1) is 35.2. The second-order valence-electron chi connectivity index (χ2n) is 18.7. The monoisotopic (exact) mass is 1040 g/mol. The van der Waals surface area contributed by atoms with Gasteiger partial charge in [0.2, 0.25) is 5.88 Å². The van der Waals surface area contributed by atoms with Crippen LogP contribution in [0, 0.1) is 0 Å². The van der Waals surface area contributed by atoms with Crippen LogP contribution in [0.4, 0.5) is 11.6 Å². The number of hydrogen-bond acceptors (Lipinski definition) is 18. The number of rotatable bonds is 11. The Morgan fingerprint density at radius 1 is 0.703 bits per heavy atom. The second kappa shape index (κ2) is 21.8. The van der Waals surface area contributed by atoms with Gasteiger partial charge < -0.3 is 68.9 Å². The number of fused-ring (bicyclic) bond motifs is 6. The molecule has 4 aliphatic rings. The molecule has 4 saturated heterocycles. The van der Waals surface area contributed by atoms with Gasteiger partial charge in [-0.25, -0.2) is 34.9 Å². The van der Waals surface area contributed by atoms with Crippen LogP contribution in [-0.2, 0) is 28.4 Å². The molecule has 0 saturated carbocycles. The number of pyridine rings is 2. The molecule has 384 valence electrons.